The fraction of sp³-hybridized carbons (Fsp3) is 0.625. The molecule has 0 spiro atoms. The number of thioether (sulfide) groups is 1. The number of esters is 1. The van der Waals surface area contributed by atoms with Crippen molar-refractivity contribution in [3.05, 3.63) is 30.3 Å². The molecule has 0 radical (unpaired) electrons. The summed E-state index contributed by atoms with van der Waals surface area (Å²) in [4.78, 5) is 40.1. The number of hydrogen-bond donors (Lipinski definition) is 1. The summed E-state index contributed by atoms with van der Waals surface area (Å²) in [6.07, 6.45) is 5.08. The van der Waals surface area contributed by atoms with E-state index in [1.54, 1.807) is 24.0 Å². The van der Waals surface area contributed by atoms with E-state index in [4.69, 9.17) is 9.47 Å². The van der Waals surface area contributed by atoms with Crippen molar-refractivity contribution in [3.63, 3.8) is 0 Å². The predicted molar refractivity (Wildman–Crippen MR) is 122 cm³/mol. The highest BCUT2D eigenvalue weighted by atomic mass is 32.2. The molecule has 8 heteroatoms. The van der Waals surface area contributed by atoms with Gasteiger partial charge in [-0.05, 0) is 51.7 Å². The number of fused-ring (bicyclic) bond motifs is 1. The molecule has 1 aliphatic carbocycles. The lowest BCUT2D eigenvalue weighted by atomic mass is 9.90. The molecule has 32 heavy (non-hydrogen) atoms. The summed E-state index contributed by atoms with van der Waals surface area (Å²) in [7, 11) is 0. The smallest absolute Gasteiger partial charge is 0.330 e. The summed E-state index contributed by atoms with van der Waals surface area (Å²) in [6, 6.07) is 7.78. The van der Waals surface area contributed by atoms with Crippen LogP contribution in [0.25, 0.3) is 0 Å². The number of nitrogens with zero attached hydrogens (tertiary/aromatic N) is 1. The number of para-hydroxylation sites is 1. The number of benzene rings is 1. The molecule has 0 bridgehead atoms. The number of rotatable bonds is 7. The van der Waals surface area contributed by atoms with Crippen LogP contribution in [0.4, 0.5) is 0 Å². The molecule has 2 heterocycles. The van der Waals surface area contributed by atoms with Gasteiger partial charge in [-0.25, -0.2) is 4.79 Å². The fourth-order valence-electron chi connectivity index (χ4n) is 4.79. The first kappa shape index (κ1) is 23.0. The van der Waals surface area contributed by atoms with E-state index in [9.17, 15) is 14.4 Å². The molecule has 1 unspecified atom stereocenters. The van der Waals surface area contributed by atoms with Gasteiger partial charge in [0.2, 0.25) is 5.91 Å². The zero-order valence-electron chi connectivity index (χ0n) is 18.9. The van der Waals surface area contributed by atoms with E-state index in [0.717, 1.165) is 12.8 Å². The van der Waals surface area contributed by atoms with Gasteiger partial charge in [-0.2, -0.15) is 0 Å². The topological polar surface area (TPSA) is 84.9 Å². The first-order valence-electron chi connectivity index (χ1n) is 11.5. The summed E-state index contributed by atoms with van der Waals surface area (Å²) in [5, 5.41) is 2.53. The quantitative estimate of drug-likeness (QED) is 0.497. The highest BCUT2D eigenvalue weighted by molar-refractivity contribution is 8.01. The molecular formula is C24H32N2O5S. The highest BCUT2D eigenvalue weighted by Gasteiger charge is 2.64. The third-order valence-corrected chi connectivity index (χ3v) is 8.14. The maximum Gasteiger partial charge on any atom is 0.330 e. The molecule has 4 atom stereocenters. The number of carbonyl (C=O) groups excluding carboxylic acids is 3. The summed E-state index contributed by atoms with van der Waals surface area (Å²) in [5.41, 5.74) is 0. The normalized spacial score (nSPS) is 27.8. The molecule has 1 aromatic rings. The molecule has 1 saturated carbocycles. The summed E-state index contributed by atoms with van der Waals surface area (Å²) < 4.78 is 10.8. The Morgan fingerprint density at radius 1 is 1.19 bits per heavy atom. The summed E-state index contributed by atoms with van der Waals surface area (Å²) in [5.74, 6) is 0.0794. The molecule has 4 rings (SSSR count). The molecule has 1 aromatic carbocycles. The highest BCUT2D eigenvalue weighted by Crippen LogP contribution is 2.51. The van der Waals surface area contributed by atoms with Crippen molar-refractivity contribution < 1.29 is 23.9 Å². The number of amides is 2. The van der Waals surface area contributed by atoms with Gasteiger partial charge in [-0.3, -0.25) is 9.59 Å². The van der Waals surface area contributed by atoms with E-state index < -0.39 is 22.9 Å². The van der Waals surface area contributed by atoms with Gasteiger partial charge in [-0.15, -0.1) is 11.8 Å². The van der Waals surface area contributed by atoms with Gasteiger partial charge in [0, 0.05) is 4.75 Å². The molecule has 7 nitrogen and oxygen atoms in total. The average Bonchev–Trinajstić information content (AvgIpc) is 3.04. The molecule has 2 saturated heterocycles. The lowest BCUT2D eigenvalue weighted by Gasteiger charge is -2.44. The monoisotopic (exact) mass is 460 g/mol. The van der Waals surface area contributed by atoms with Gasteiger partial charge in [-0.1, -0.05) is 37.5 Å². The second-order valence-corrected chi connectivity index (χ2v) is 11.2. The van der Waals surface area contributed by atoms with E-state index in [1.807, 2.05) is 32.0 Å². The minimum absolute atomic E-state index is 0.243. The zero-order valence-corrected chi connectivity index (χ0v) is 19.7. The number of carbonyl (C=O) groups is 3. The first-order chi connectivity index (χ1) is 15.3. The van der Waals surface area contributed by atoms with Crippen molar-refractivity contribution >= 4 is 29.5 Å². The van der Waals surface area contributed by atoms with Crippen molar-refractivity contribution in [2.75, 3.05) is 6.61 Å². The minimum atomic E-state index is -0.741. The summed E-state index contributed by atoms with van der Waals surface area (Å²) >= 11 is 1.53. The lowest BCUT2D eigenvalue weighted by Crippen LogP contribution is -2.71. The van der Waals surface area contributed by atoms with Gasteiger partial charge in [0.25, 0.3) is 5.91 Å². The molecule has 3 fully saturated rings. The molecule has 2 amide bonds. The van der Waals surface area contributed by atoms with Crippen LogP contribution in [0.15, 0.2) is 30.3 Å². The van der Waals surface area contributed by atoms with Gasteiger partial charge >= 0.3 is 5.97 Å². The van der Waals surface area contributed by atoms with E-state index in [1.165, 1.54) is 31.0 Å². The molecule has 3 aliphatic rings. The Balaban J connectivity index is 1.34. The Bertz CT molecular complexity index is 855. The molecule has 2 aliphatic heterocycles. The Morgan fingerprint density at radius 2 is 1.88 bits per heavy atom. The summed E-state index contributed by atoms with van der Waals surface area (Å²) in [6.45, 7) is 5.99. The van der Waals surface area contributed by atoms with Crippen molar-refractivity contribution in [1.82, 2.24) is 10.2 Å². The largest absolute Gasteiger partial charge is 0.481 e. The van der Waals surface area contributed by atoms with Crippen molar-refractivity contribution in [1.29, 1.82) is 0 Å². The van der Waals surface area contributed by atoms with Crippen molar-refractivity contribution in [2.45, 2.75) is 81.2 Å². The van der Waals surface area contributed by atoms with Crippen LogP contribution in [0.3, 0.4) is 0 Å². The van der Waals surface area contributed by atoms with Gasteiger partial charge in [0.1, 0.15) is 23.2 Å². The van der Waals surface area contributed by atoms with E-state index in [0.29, 0.717) is 18.3 Å². The molecule has 174 valence electrons. The SMILES string of the molecule is CC(Oc1ccccc1)C(=O)N[C@@H]1C(=O)N2[C@@H]1SC(C)(C)[C@@H]2C(=O)OCC1CCCCC1. The van der Waals surface area contributed by atoms with Crippen molar-refractivity contribution in [3.8, 4) is 5.75 Å². The van der Waals surface area contributed by atoms with Crippen LogP contribution >= 0.6 is 11.8 Å². The molecule has 1 N–H and O–H groups in total. The standard InChI is InChI=1S/C24H32N2O5S/c1-15(31-17-12-8-5-9-13-17)20(27)25-18-21(28)26-19(24(2,3)32-22(18)26)23(29)30-14-16-10-6-4-7-11-16/h5,8-9,12-13,15-16,18-19,22H,4,6-7,10-11,14H2,1-3H3,(H,25,27)/t15?,18-,19+,22-/m1/s1. The third kappa shape index (κ3) is 4.60. The second kappa shape index (κ2) is 9.33. The fourth-order valence-corrected chi connectivity index (χ4v) is 6.41. The van der Waals surface area contributed by atoms with Crippen LogP contribution in [0, 0.1) is 5.92 Å². The van der Waals surface area contributed by atoms with Crippen LogP contribution in [0.5, 0.6) is 5.75 Å². The van der Waals surface area contributed by atoms with E-state index >= 15 is 0 Å². The Labute approximate surface area is 193 Å². The Hall–Kier alpha value is -2.22. The van der Waals surface area contributed by atoms with E-state index in [-0.39, 0.29) is 23.2 Å². The second-order valence-electron chi connectivity index (χ2n) is 9.45. The average molecular weight is 461 g/mol. The number of hydrogen-bond acceptors (Lipinski definition) is 6. The minimum Gasteiger partial charge on any atom is -0.481 e. The number of nitrogens with one attached hydrogen (secondary N) is 1. The van der Waals surface area contributed by atoms with Gasteiger partial charge in [0.05, 0.1) is 6.61 Å². The van der Waals surface area contributed by atoms with Gasteiger partial charge in [0.15, 0.2) is 6.10 Å². The molecule has 0 aromatic heterocycles. The van der Waals surface area contributed by atoms with Crippen LogP contribution in [0.1, 0.15) is 52.9 Å². The number of β-lactam (4-membered cyclic amide) rings is 1. The Morgan fingerprint density at radius 3 is 2.56 bits per heavy atom. The van der Waals surface area contributed by atoms with Crippen LogP contribution in [-0.4, -0.2) is 57.6 Å². The van der Waals surface area contributed by atoms with Crippen LogP contribution < -0.4 is 10.1 Å². The maximum atomic E-state index is 12.9. The Kier molecular flexibility index (Phi) is 6.70. The lowest BCUT2D eigenvalue weighted by molar-refractivity contribution is -0.165. The molecular weight excluding hydrogens is 428 g/mol. The first-order valence-corrected chi connectivity index (χ1v) is 12.3. The zero-order chi connectivity index (χ0) is 22.9. The third-order valence-electron chi connectivity index (χ3n) is 6.57. The van der Waals surface area contributed by atoms with Crippen LogP contribution in [-0.2, 0) is 19.1 Å². The van der Waals surface area contributed by atoms with Gasteiger partial charge < -0.3 is 19.7 Å². The van der Waals surface area contributed by atoms with Crippen molar-refractivity contribution in [2.24, 2.45) is 5.92 Å². The predicted octanol–water partition coefficient (Wildman–Crippen LogP) is 3.12. The maximum absolute atomic E-state index is 12.9. The van der Waals surface area contributed by atoms with Crippen LogP contribution in [0.2, 0.25) is 0 Å². The number of ether oxygens (including phenoxy) is 2. The van der Waals surface area contributed by atoms with E-state index in [2.05, 4.69) is 5.32 Å².